The molecule has 0 saturated heterocycles. The van der Waals surface area contributed by atoms with Gasteiger partial charge in [0, 0.05) is 12.4 Å². The van der Waals surface area contributed by atoms with Gasteiger partial charge in [0.05, 0.1) is 12.2 Å². The van der Waals surface area contributed by atoms with Crippen molar-refractivity contribution in [3.63, 3.8) is 0 Å². The van der Waals surface area contributed by atoms with E-state index < -0.39 is 0 Å². The zero-order valence-electron chi connectivity index (χ0n) is 5.45. The van der Waals surface area contributed by atoms with Crippen LogP contribution in [0.3, 0.4) is 0 Å². The Morgan fingerprint density at radius 3 is 3.10 bits per heavy atom. The van der Waals surface area contributed by atoms with E-state index in [1.165, 1.54) is 6.21 Å². The summed E-state index contributed by atoms with van der Waals surface area (Å²) in [5, 5.41) is 6.79. The lowest BCUT2D eigenvalue weighted by molar-refractivity contribution is 0.111. The quantitative estimate of drug-likeness (QED) is 0.488. The largest absolute Gasteiger partial charge is 0.340 e. The molecule has 0 saturated carbocycles. The van der Waals surface area contributed by atoms with Crippen LogP contribution in [0, 0.1) is 5.41 Å². The Morgan fingerprint density at radius 2 is 2.50 bits per heavy atom. The number of nitrogens with zero attached hydrogens (tertiary/aromatic N) is 1. The third-order valence-corrected chi connectivity index (χ3v) is 1.27. The second-order valence-electron chi connectivity index (χ2n) is 1.91. The molecule has 0 amide bonds. The summed E-state index contributed by atoms with van der Waals surface area (Å²) in [6, 6.07) is 3.50. The third-order valence-electron chi connectivity index (χ3n) is 1.27. The minimum absolute atomic E-state index is 0.473. The van der Waals surface area contributed by atoms with Gasteiger partial charge in [-0.1, -0.05) is 0 Å². The van der Waals surface area contributed by atoms with Crippen molar-refractivity contribution >= 4 is 12.5 Å². The summed E-state index contributed by atoms with van der Waals surface area (Å²) < 4.78 is 1.71. The van der Waals surface area contributed by atoms with Crippen LogP contribution >= 0.6 is 0 Å². The van der Waals surface area contributed by atoms with Gasteiger partial charge in [-0.25, -0.2) is 0 Å². The normalized spacial score (nSPS) is 9.20. The van der Waals surface area contributed by atoms with Crippen molar-refractivity contribution in [3.8, 4) is 0 Å². The van der Waals surface area contributed by atoms with Gasteiger partial charge in [0.25, 0.3) is 0 Å². The van der Waals surface area contributed by atoms with Gasteiger partial charge in [0.1, 0.15) is 0 Å². The first-order valence-electron chi connectivity index (χ1n) is 2.97. The first-order valence-corrected chi connectivity index (χ1v) is 2.97. The Bertz CT molecular complexity index is 240. The minimum atomic E-state index is 0.473. The summed E-state index contributed by atoms with van der Waals surface area (Å²) in [7, 11) is 0. The molecule has 3 heteroatoms. The molecular formula is C7H8N2O. The van der Waals surface area contributed by atoms with Crippen molar-refractivity contribution in [2.45, 2.75) is 6.54 Å². The fourth-order valence-corrected chi connectivity index (χ4v) is 0.799. The summed E-state index contributed by atoms with van der Waals surface area (Å²) >= 11 is 0. The maximum absolute atomic E-state index is 10.3. The van der Waals surface area contributed by atoms with Gasteiger partial charge in [0.15, 0.2) is 6.29 Å². The highest BCUT2D eigenvalue weighted by molar-refractivity contribution is 5.73. The van der Waals surface area contributed by atoms with Crippen LogP contribution in [0.4, 0.5) is 0 Å². The summed E-state index contributed by atoms with van der Waals surface area (Å²) in [5.41, 5.74) is 0.614. The number of hydrogen-bond acceptors (Lipinski definition) is 2. The predicted molar refractivity (Wildman–Crippen MR) is 38.6 cm³/mol. The molecule has 52 valence electrons. The van der Waals surface area contributed by atoms with Crippen molar-refractivity contribution < 1.29 is 4.79 Å². The molecule has 0 aromatic carbocycles. The number of carbonyl (C=O) groups is 1. The minimum Gasteiger partial charge on any atom is -0.340 e. The van der Waals surface area contributed by atoms with Gasteiger partial charge in [-0.3, -0.25) is 4.79 Å². The molecule has 0 fully saturated rings. The van der Waals surface area contributed by atoms with E-state index in [1.54, 1.807) is 22.9 Å². The number of carbonyl (C=O) groups excluding carboxylic acids is 1. The lowest BCUT2D eigenvalue weighted by Crippen LogP contribution is -2.00. The third kappa shape index (κ3) is 1.13. The molecule has 0 bridgehead atoms. The van der Waals surface area contributed by atoms with Crippen LogP contribution in [0.25, 0.3) is 0 Å². The lowest BCUT2D eigenvalue weighted by atomic mass is 10.5. The standard InChI is InChI=1S/C7H8N2O/c8-3-5-9-4-1-2-7(9)6-10/h1-4,6,8H,5H2. The molecule has 1 N–H and O–H groups in total. The predicted octanol–water partition coefficient (Wildman–Crippen LogP) is 0.950. The van der Waals surface area contributed by atoms with Crippen LogP contribution in [0.15, 0.2) is 18.3 Å². The highest BCUT2D eigenvalue weighted by Gasteiger charge is 1.94. The molecule has 1 aromatic heterocycles. The number of aldehydes is 1. The topological polar surface area (TPSA) is 45.9 Å². The Labute approximate surface area is 58.8 Å². The van der Waals surface area contributed by atoms with Gasteiger partial charge in [-0.2, -0.15) is 0 Å². The summed E-state index contributed by atoms with van der Waals surface area (Å²) in [6.07, 6.45) is 3.81. The van der Waals surface area contributed by atoms with E-state index in [2.05, 4.69) is 0 Å². The van der Waals surface area contributed by atoms with Crippen LogP contribution in [0.5, 0.6) is 0 Å². The van der Waals surface area contributed by atoms with Crippen molar-refractivity contribution in [2.24, 2.45) is 0 Å². The maximum Gasteiger partial charge on any atom is 0.166 e. The first kappa shape index (κ1) is 6.74. The molecule has 1 heterocycles. The van der Waals surface area contributed by atoms with Crippen LogP contribution in [-0.2, 0) is 6.54 Å². The summed E-state index contributed by atoms with van der Waals surface area (Å²) in [6.45, 7) is 0.473. The molecule has 3 nitrogen and oxygen atoms in total. The monoisotopic (exact) mass is 136 g/mol. The average Bonchev–Trinajstić information content (AvgIpc) is 2.36. The van der Waals surface area contributed by atoms with Crippen LogP contribution in [0.1, 0.15) is 10.5 Å². The Morgan fingerprint density at radius 1 is 1.70 bits per heavy atom. The van der Waals surface area contributed by atoms with E-state index in [9.17, 15) is 4.79 Å². The van der Waals surface area contributed by atoms with Crippen molar-refractivity contribution in [3.05, 3.63) is 24.0 Å². The molecule has 0 spiro atoms. The van der Waals surface area contributed by atoms with E-state index in [0.29, 0.717) is 12.2 Å². The second kappa shape index (κ2) is 2.96. The number of aromatic nitrogens is 1. The van der Waals surface area contributed by atoms with E-state index in [1.807, 2.05) is 0 Å². The zero-order chi connectivity index (χ0) is 7.40. The maximum atomic E-state index is 10.3. The molecule has 0 aliphatic rings. The van der Waals surface area contributed by atoms with Gasteiger partial charge in [-0.05, 0) is 12.1 Å². The number of hydrogen-bond donors (Lipinski definition) is 1. The second-order valence-corrected chi connectivity index (χ2v) is 1.91. The molecule has 0 aliphatic heterocycles. The zero-order valence-corrected chi connectivity index (χ0v) is 5.45. The van der Waals surface area contributed by atoms with Gasteiger partial charge in [-0.15, -0.1) is 0 Å². The highest BCUT2D eigenvalue weighted by atomic mass is 16.1. The molecule has 10 heavy (non-hydrogen) atoms. The Hall–Kier alpha value is -1.38. The van der Waals surface area contributed by atoms with Gasteiger partial charge >= 0.3 is 0 Å². The molecule has 0 radical (unpaired) electrons. The van der Waals surface area contributed by atoms with Gasteiger partial charge in [0.2, 0.25) is 0 Å². The molecule has 0 unspecified atom stereocenters. The van der Waals surface area contributed by atoms with E-state index >= 15 is 0 Å². The fraction of sp³-hybridized carbons (Fsp3) is 0.143. The van der Waals surface area contributed by atoms with Crippen molar-refractivity contribution in [1.29, 1.82) is 5.41 Å². The number of rotatable bonds is 3. The molecule has 1 rings (SSSR count). The van der Waals surface area contributed by atoms with Gasteiger partial charge < -0.3 is 9.98 Å². The molecular weight excluding hydrogens is 128 g/mol. The fourth-order valence-electron chi connectivity index (χ4n) is 0.799. The Kier molecular flexibility index (Phi) is 1.99. The van der Waals surface area contributed by atoms with Crippen molar-refractivity contribution in [1.82, 2.24) is 4.57 Å². The van der Waals surface area contributed by atoms with Crippen LogP contribution in [-0.4, -0.2) is 17.1 Å². The molecule has 0 aliphatic carbocycles. The average molecular weight is 136 g/mol. The lowest BCUT2D eigenvalue weighted by Gasteiger charge is -1.96. The van der Waals surface area contributed by atoms with E-state index in [0.717, 1.165) is 6.29 Å². The van der Waals surface area contributed by atoms with Crippen LogP contribution in [0.2, 0.25) is 0 Å². The number of nitrogens with one attached hydrogen (secondary N) is 1. The summed E-state index contributed by atoms with van der Waals surface area (Å²) in [5.74, 6) is 0. The highest BCUT2D eigenvalue weighted by Crippen LogP contribution is 1.96. The van der Waals surface area contributed by atoms with Crippen molar-refractivity contribution in [2.75, 3.05) is 0 Å². The summed E-state index contributed by atoms with van der Waals surface area (Å²) in [4.78, 5) is 10.3. The van der Waals surface area contributed by atoms with E-state index in [-0.39, 0.29) is 0 Å². The smallest absolute Gasteiger partial charge is 0.166 e. The molecule has 1 aromatic rings. The first-order chi connectivity index (χ1) is 4.88. The Balaban J connectivity index is 2.89. The van der Waals surface area contributed by atoms with Crippen LogP contribution < -0.4 is 0 Å². The van der Waals surface area contributed by atoms with E-state index in [4.69, 9.17) is 5.41 Å². The SMILES string of the molecule is N=CCn1cccc1C=O. The molecule has 0 atom stereocenters.